The van der Waals surface area contributed by atoms with Gasteiger partial charge in [-0.05, 0) is 22.6 Å². The summed E-state index contributed by atoms with van der Waals surface area (Å²) in [6.07, 6.45) is 2.95. The minimum Gasteiger partial charge on any atom is -0.358 e. The zero-order valence-electron chi connectivity index (χ0n) is 9.61. The number of aromatic nitrogens is 2. The molecule has 0 amide bonds. The minimum atomic E-state index is -1.04. The van der Waals surface area contributed by atoms with E-state index in [0.29, 0.717) is 5.56 Å². The van der Waals surface area contributed by atoms with Gasteiger partial charge in [0.25, 0.3) is 0 Å². The fraction of sp³-hybridized carbons (Fsp3) is 0.0833. The maximum Gasteiger partial charge on any atom is 0.321 e. The predicted molar refractivity (Wildman–Crippen MR) is 64.4 cm³/mol. The lowest BCUT2D eigenvalue weighted by Gasteiger charge is -2.04. The molecule has 0 spiro atoms. The first-order valence-corrected chi connectivity index (χ1v) is 5.30. The lowest BCUT2D eigenvalue weighted by Crippen LogP contribution is -2.12. The summed E-state index contributed by atoms with van der Waals surface area (Å²) in [7, 11) is 0. The van der Waals surface area contributed by atoms with Gasteiger partial charge in [-0.25, -0.2) is 4.98 Å². The lowest BCUT2D eigenvalue weighted by atomic mass is 9.96. The zero-order chi connectivity index (χ0) is 13.8. The van der Waals surface area contributed by atoms with Crippen LogP contribution in [0, 0.1) is 21.4 Å². The van der Waals surface area contributed by atoms with Crippen LogP contribution in [0.3, 0.4) is 0 Å². The van der Waals surface area contributed by atoms with E-state index in [2.05, 4.69) is 9.97 Å². The fourth-order valence-corrected chi connectivity index (χ4v) is 1.62. The number of carbonyl (C=O) groups excluding carboxylic acids is 1. The van der Waals surface area contributed by atoms with E-state index in [0.717, 1.165) is 0 Å². The van der Waals surface area contributed by atoms with Crippen molar-refractivity contribution in [3.8, 4) is 6.07 Å². The van der Waals surface area contributed by atoms with Crippen LogP contribution < -0.4 is 0 Å². The van der Waals surface area contributed by atoms with Crippen LogP contribution >= 0.6 is 0 Å². The highest BCUT2D eigenvalue weighted by molar-refractivity contribution is 6.01. The third-order valence-corrected chi connectivity index (χ3v) is 2.54. The number of rotatable bonds is 4. The number of aromatic amines is 1. The molecule has 0 fully saturated rings. The van der Waals surface area contributed by atoms with Gasteiger partial charge in [0.05, 0.1) is 6.07 Å². The number of carbonyl (C=O) groups is 1. The van der Waals surface area contributed by atoms with Crippen molar-refractivity contribution < 1.29 is 9.72 Å². The van der Waals surface area contributed by atoms with Gasteiger partial charge in [-0.3, -0.25) is 9.78 Å². The Hall–Kier alpha value is -3.01. The quantitative estimate of drug-likeness (QED) is 0.509. The van der Waals surface area contributed by atoms with E-state index < -0.39 is 16.6 Å². The Labute approximate surface area is 107 Å². The van der Waals surface area contributed by atoms with E-state index in [1.165, 1.54) is 24.5 Å². The van der Waals surface area contributed by atoms with Gasteiger partial charge in [-0.15, -0.1) is 0 Å². The highest BCUT2D eigenvalue weighted by Gasteiger charge is 2.26. The van der Waals surface area contributed by atoms with Crippen molar-refractivity contribution in [2.75, 3.05) is 0 Å². The molecule has 0 radical (unpaired) electrons. The molecule has 0 saturated heterocycles. The van der Waals surface area contributed by atoms with E-state index in [1.54, 1.807) is 12.1 Å². The summed E-state index contributed by atoms with van der Waals surface area (Å²) < 4.78 is 0. The fourth-order valence-electron chi connectivity index (χ4n) is 1.62. The Morgan fingerprint density at radius 3 is 2.79 bits per heavy atom. The van der Waals surface area contributed by atoms with Gasteiger partial charge in [-0.2, -0.15) is 5.26 Å². The number of nitriles is 1. The first-order valence-electron chi connectivity index (χ1n) is 5.30. The van der Waals surface area contributed by atoms with E-state index in [9.17, 15) is 14.9 Å². The standard InChI is InChI=1S/C12H8N4O3/c13-6-9(8-2-1-5-14-7-8)12(17)10-3-4-11(15-10)16(18)19/h1-5,7,9,15H. The number of Topliss-reactive ketones (excluding diaryl/α,β-unsaturated/α-hetero) is 1. The van der Waals surface area contributed by atoms with Crippen LogP contribution in [-0.4, -0.2) is 20.7 Å². The monoisotopic (exact) mass is 256 g/mol. The first-order chi connectivity index (χ1) is 9.13. The number of H-pyrrole nitrogens is 1. The van der Waals surface area contributed by atoms with Crippen LogP contribution in [0.5, 0.6) is 0 Å². The van der Waals surface area contributed by atoms with Crippen LogP contribution in [0.4, 0.5) is 5.82 Å². The molecule has 2 heterocycles. The zero-order valence-corrected chi connectivity index (χ0v) is 9.61. The van der Waals surface area contributed by atoms with Gasteiger partial charge in [0, 0.05) is 18.5 Å². The molecular weight excluding hydrogens is 248 g/mol. The predicted octanol–water partition coefficient (Wildman–Crippen LogP) is 1.81. The van der Waals surface area contributed by atoms with Crippen molar-refractivity contribution in [2.24, 2.45) is 0 Å². The van der Waals surface area contributed by atoms with Gasteiger partial charge in [0.1, 0.15) is 5.92 Å². The molecule has 2 rings (SSSR count). The van der Waals surface area contributed by atoms with E-state index in [-0.39, 0.29) is 11.5 Å². The maximum atomic E-state index is 12.1. The van der Waals surface area contributed by atoms with Gasteiger partial charge in [-0.1, -0.05) is 6.07 Å². The number of nitrogens with zero attached hydrogens (tertiary/aromatic N) is 3. The van der Waals surface area contributed by atoms with Crippen molar-refractivity contribution >= 4 is 11.6 Å². The van der Waals surface area contributed by atoms with Crippen molar-refractivity contribution in [2.45, 2.75) is 5.92 Å². The third kappa shape index (κ3) is 2.47. The number of nitro groups is 1. The summed E-state index contributed by atoms with van der Waals surface area (Å²) in [5.41, 5.74) is 0.481. The topological polar surface area (TPSA) is 113 Å². The molecule has 1 N–H and O–H groups in total. The van der Waals surface area contributed by atoms with E-state index >= 15 is 0 Å². The van der Waals surface area contributed by atoms with Crippen LogP contribution in [0.2, 0.25) is 0 Å². The molecule has 0 aromatic carbocycles. The van der Waals surface area contributed by atoms with Crippen LogP contribution in [0.25, 0.3) is 0 Å². The molecule has 94 valence electrons. The first kappa shape index (κ1) is 12.4. The Kier molecular flexibility index (Phi) is 3.34. The Balaban J connectivity index is 2.31. The molecule has 2 aromatic heterocycles. The number of nitrogens with one attached hydrogen (secondary N) is 1. The molecule has 19 heavy (non-hydrogen) atoms. The molecule has 1 unspecified atom stereocenters. The molecule has 0 aliphatic rings. The molecule has 7 nitrogen and oxygen atoms in total. The van der Waals surface area contributed by atoms with Gasteiger partial charge in [0.15, 0.2) is 5.69 Å². The number of hydrogen-bond donors (Lipinski definition) is 1. The summed E-state index contributed by atoms with van der Waals surface area (Å²) in [5, 5.41) is 19.6. The van der Waals surface area contributed by atoms with Crippen molar-refractivity contribution in [3.05, 3.63) is 58.0 Å². The molecular formula is C12H8N4O3. The van der Waals surface area contributed by atoms with Gasteiger partial charge < -0.3 is 10.1 Å². The largest absolute Gasteiger partial charge is 0.358 e. The normalized spacial score (nSPS) is 11.5. The Morgan fingerprint density at radius 2 is 2.26 bits per heavy atom. The molecule has 1 atom stereocenters. The molecule has 0 aliphatic carbocycles. The highest BCUT2D eigenvalue weighted by Crippen LogP contribution is 2.20. The van der Waals surface area contributed by atoms with Crippen molar-refractivity contribution in [3.63, 3.8) is 0 Å². The SMILES string of the molecule is N#CC(C(=O)c1ccc([N+](=O)[O-])[nH]1)c1cccnc1. The van der Waals surface area contributed by atoms with E-state index in [4.69, 9.17) is 5.26 Å². The summed E-state index contributed by atoms with van der Waals surface area (Å²) in [5.74, 6) is -1.85. The van der Waals surface area contributed by atoms with Gasteiger partial charge >= 0.3 is 5.82 Å². The van der Waals surface area contributed by atoms with Crippen LogP contribution in [0.15, 0.2) is 36.7 Å². The average molecular weight is 256 g/mol. The van der Waals surface area contributed by atoms with Crippen molar-refractivity contribution in [1.29, 1.82) is 5.26 Å². The molecule has 0 saturated carbocycles. The van der Waals surface area contributed by atoms with E-state index in [1.807, 2.05) is 6.07 Å². The maximum absolute atomic E-state index is 12.1. The summed E-state index contributed by atoms with van der Waals surface area (Å²) in [6.45, 7) is 0. The molecule has 0 aliphatic heterocycles. The second kappa shape index (κ2) is 5.10. The highest BCUT2D eigenvalue weighted by atomic mass is 16.6. The average Bonchev–Trinajstić information content (AvgIpc) is 2.90. The molecule has 2 aromatic rings. The number of pyridine rings is 1. The van der Waals surface area contributed by atoms with Crippen LogP contribution in [-0.2, 0) is 0 Å². The number of ketones is 1. The Morgan fingerprint density at radius 1 is 1.47 bits per heavy atom. The lowest BCUT2D eigenvalue weighted by molar-refractivity contribution is -0.389. The summed E-state index contributed by atoms with van der Waals surface area (Å²) in [4.78, 5) is 28.2. The van der Waals surface area contributed by atoms with Gasteiger partial charge in [0.2, 0.25) is 5.78 Å². The van der Waals surface area contributed by atoms with Crippen LogP contribution in [0.1, 0.15) is 22.0 Å². The molecule has 7 heteroatoms. The third-order valence-electron chi connectivity index (χ3n) is 2.54. The summed E-state index contributed by atoms with van der Waals surface area (Å²) >= 11 is 0. The second-order valence-corrected chi connectivity index (χ2v) is 3.73. The minimum absolute atomic E-state index is 0.0297. The molecule has 0 bridgehead atoms. The smallest absolute Gasteiger partial charge is 0.321 e. The van der Waals surface area contributed by atoms with Crippen molar-refractivity contribution in [1.82, 2.24) is 9.97 Å². The second-order valence-electron chi connectivity index (χ2n) is 3.73. The number of hydrogen-bond acceptors (Lipinski definition) is 5. The Bertz CT molecular complexity index is 657. The summed E-state index contributed by atoms with van der Waals surface area (Å²) in [6, 6.07) is 7.58.